The van der Waals surface area contributed by atoms with E-state index < -0.39 is 0 Å². The summed E-state index contributed by atoms with van der Waals surface area (Å²) in [6, 6.07) is 2.17. The van der Waals surface area contributed by atoms with Crippen molar-refractivity contribution in [2.75, 3.05) is 5.75 Å². The molecule has 1 aromatic heterocycles. The summed E-state index contributed by atoms with van der Waals surface area (Å²) in [5, 5.41) is 6.67. The normalized spacial score (nSPS) is 13.5. The Kier molecular flexibility index (Phi) is 5.35. The second-order valence-electron chi connectivity index (χ2n) is 6.22. The van der Waals surface area contributed by atoms with Gasteiger partial charge in [0.05, 0.1) is 14.8 Å². The van der Waals surface area contributed by atoms with Crippen molar-refractivity contribution in [1.82, 2.24) is 9.78 Å². The lowest BCUT2D eigenvalue weighted by Crippen LogP contribution is -2.12. The predicted octanol–water partition coefficient (Wildman–Crippen LogP) is 4.84. The minimum Gasteiger partial charge on any atom is -0.271 e. The maximum Gasteiger partial charge on any atom is 0.0859 e. The first-order valence-electron chi connectivity index (χ1n) is 6.11. The van der Waals surface area contributed by atoms with Crippen LogP contribution in [0.3, 0.4) is 0 Å². The van der Waals surface area contributed by atoms with Crippen LogP contribution in [0.1, 0.15) is 46.0 Å². The third-order valence-electron chi connectivity index (χ3n) is 2.36. The Morgan fingerprint density at radius 1 is 1.33 bits per heavy atom. The second kappa shape index (κ2) is 5.99. The summed E-state index contributed by atoms with van der Waals surface area (Å²) in [6.45, 7) is 11.2. The molecule has 0 aliphatic heterocycles. The van der Waals surface area contributed by atoms with Gasteiger partial charge in [0.1, 0.15) is 0 Å². The molecular formula is C14H23IN2S. The Hall–Kier alpha value is 0.0300. The first kappa shape index (κ1) is 16.1. The van der Waals surface area contributed by atoms with Crippen molar-refractivity contribution in [1.29, 1.82) is 0 Å². The molecule has 0 bridgehead atoms. The molecule has 18 heavy (non-hydrogen) atoms. The summed E-state index contributed by atoms with van der Waals surface area (Å²) in [5.41, 5.74) is 2.66. The molecule has 0 aromatic carbocycles. The summed E-state index contributed by atoms with van der Waals surface area (Å²) in [5.74, 6) is 1.13. The van der Waals surface area contributed by atoms with Gasteiger partial charge in [0.15, 0.2) is 0 Å². The van der Waals surface area contributed by atoms with Gasteiger partial charge >= 0.3 is 0 Å². The fourth-order valence-electron chi connectivity index (χ4n) is 1.54. The standard InChI is InChI=1S/C14H23IN2S/c1-13(2,3)10-18-8-7-11-9-12(14(4,5)15)17(6)16-11/h7-9H,10H2,1-6H3/b8-7+. The molecule has 2 nitrogen and oxygen atoms in total. The number of thioether (sulfide) groups is 1. The number of hydrogen-bond donors (Lipinski definition) is 0. The number of aryl methyl sites for hydroxylation is 1. The molecule has 1 heterocycles. The van der Waals surface area contributed by atoms with Crippen LogP contribution in [0.4, 0.5) is 0 Å². The van der Waals surface area contributed by atoms with E-state index in [4.69, 9.17) is 0 Å². The fraction of sp³-hybridized carbons (Fsp3) is 0.643. The van der Waals surface area contributed by atoms with Crippen LogP contribution in [0.5, 0.6) is 0 Å². The van der Waals surface area contributed by atoms with E-state index >= 15 is 0 Å². The summed E-state index contributed by atoms with van der Waals surface area (Å²) in [7, 11) is 2.01. The molecule has 4 heteroatoms. The van der Waals surface area contributed by atoms with Gasteiger partial charge in [-0.1, -0.05) is 43.4 Å². The fourth-order valence-corrected chi connectivity index (χ4v) is 2.88. The van der Waals surface area contributed by atoms with Gasteiger partial charge in [-0.25, -0.2) is 0 Å². The molecule has 0 amide bonds. The van der Waals surface area contributed by atoms with Crippen LogP contribution in [0.2, 0.25) is 0 Å². The van der Waals surface area contributed by atoms with E-state index in [9.17, 15) is 0 Å². The Bertz CT molecular complexity index is 422. The molecule has 0 spiro atoms. The zero-order valence-corrected chi connectivity index (χ0v) is 15.1. The lowest BCUT2D eigenvalue weighted by Gasteiger charge is -2.15. The molecular weight excluding hydrogens is 355 g/mol. The van der Waals surface area contributed by atoms with Crippen LogP contribution in [-0.2, 0) is 10.5 Å². The molecule has 0 fully saturated rings. The monoisotopic (exact) mass is 378 g/mol. The SMILES string of the molecule is Cn1nc(/C=C/SCC(C)(C)C)cc1C(C)(C)I. The average Bonchev–Trinajstić information content (AvgIpc) is 2.52. The van der Waals surface area contributed by atoms with Crippen molar-refractivity contribution in [2.24, 2.45) is 12.5 Å². The first-order chi connectivity index (χ1) is 8.09. The average molecular weight is 378 g/mol. The Balaban J connectivity index is 2.67. The molecule has 0 unspecified atom stereocenters. The molecule has 0 radical (unpaired) electrons. The lowest BCUT2D eigenvalue weighted by atomic mass is 10.0. The number of hydrogen-bond acceptors (Lipinski definition) is 2. The maximum atomic E-state index is 4.52. The summed E-state index contributed by atoms with van der Waals surface area (Å²) in [4.78, 5) is 0. The Labute approximate surface area is 129 Å². The summed E-state index contributed by atoms with van der Waals surface area (Å²) >= 11 is 4.29. The highest BCUT2D eigenvalue weighted by molar-refractivity contribution is 14.1. The molecule has 102 valence electrons. The lowest BCUT2D eigenvalue weighted by molar-refractivity contribution is 0.481. The van der Waals surface area contributed by atoms with E-state index in [0.717, 1.165) is 11.4 Å². The molecule has 0 saturated heterocycles. The number of halogens is 1. The smallest absolute Gasteiger partial charge is 0.0859 e. The topological polar surface area (TPSA) is 17.8 Å². The zero-order chi connectivity index (χ0) is 14.0. The number of alkyl halides is 1. The highest BCUT2D eigenvalue weighted by Crippen LogP contribution is 2.31. The number of rotatable bonds is 4. The molecule has 0 saturated carbocycles. The van der Waals surface area contributed by atoms with Gasteiger partial charge in [-0.05, 0) is 36.8 Å². The van der Waals surface area contributed by atoms with E-state index in [1.165, 1.54) is 5.69 Å². The molecule has 0 aliphatic rings. The predicted molar refractivity (Wildman–Crippen MR) is 91.2 cm³/mol. The van der Waals surface area contributed by atoms with Gasteiger partial charge in [-0.15, -0.1) is 11.8 Å². The number of aromatic nitrogens is 2. The second-order valence-corrected chi connectivity index (χ2v) is 9.82. The largest absolute Gasteiger partial charge is 0.271 e. The van der Waals surface area contributed by atoms with E-state index in [1.807, 2.05) is 23.5 Å². The molecule has 1 rings (SSSR count). The van der Waals surface area contributed by atoms with Crippen molar-refractivity contribution < 1.29 is 0 Å². The third kappa shape index (κ3) is 5.34. The molecule has 0 atom stereocenters. The minimum atomic E-state index is 0.115. The van der Waals surface area contributed by atoms with E-state index in [1.54, 1.807) is 0 Å². The van der Waals surface area contributed by atoms with E-state index in [-0.39, 0.29) is 3.42 Å². The van der Waals surface area contributed by atoms with Gasteiger partial charge in [-0.3, -0.25) is 4.68 Å². The van der Waals surface area contributed by atoms with Gasteiger partial charge in [0.2, 0.25) is 0 Å². The van der Waals surface area contributed by atoms with Crippen molar-refractivity contribution >= 4 is 40.4 Å². The highest BCUT2D eigenvalue weighted by atomic mass is 127. The molecule has 0 aliphatic carbocycles. The summed E-state index contributed by atoms with van der Waals surface area (Å²) in [6.07, 6.45) is 2.10. The zero-order valence-electron chi connectivity index (χ0n) is 12.1. The van der Waals surface area contributed by atoms with Crippen LogP contribution in [-0.4, -0.2) is 15.5 Å². The van der Waals surface area contributed by atoms with Crippen LogP contribution < -0.4 is 0 Å². The van der Waals surface area contributed by atoms with E-state index in [0.29, 0.717) is 5.41 Å². The van der Waals surface area contributed by atoms with Gasteiger partial charge in [0.25, 0.3) is 0 Å². The van der Waals surface area contributed by atoms with Gasteiger partial charge in [0, 0.05) is 12.8 Å². The van der Waals surface area contributed by atoms with E-state index in [2.05, 4.69) is 79.9 Å². The van der Waals surface area contributed by atoms with Crippen LogP contribution >= 0.6 is 34.4 Å². The Morgan fingerprint density at radius 2 is 1.94 bits per heavy atom. The molecule has 0 N–H and O–H groups in total. The minimum absolute atomic E-state index is 0.115. The first-order valence-corrected chi connectivity index (χ1v) is 8.24. The number of nitrogens with zero attached hydrogens (tertiary/aromatic N) is 2. The Morgan fingerprint density at radius 3 is 2.39 bits per heavy atom. The van der Waals surface area contributed by atoms with Crippen LogP contribution in [0.15, 0.2) is 11.5 Å². The van der Waals surface area contributed by atoms with Gasteiger partial charge < -0.3 is 0 Å². The van der Waals surface area contributed by atoms with Crippen molar-refractivity contribution in [2.45, 2.75) is 38.0 Å². The quantitative estimate of drug-likeness (QED) is 0.551. The molecule has 1 aromatic rings. The highest BCUT2D eigenvalue weighted by Gasteiger charge is 2.20. The van der Waals surface area contributed by atoms with Crippen LogP contribution in [0, 0.1) is 5.41 Å². The summed E-state index contributed by atoms with van der Waals surface area (Å²) < 4.78 is 2.09. The van der Waals surface area contributed by atoms with Crippen molar-refractivity contribution in [3.8, 4) is 0 Å². The maximum absolute atomic E-state index is 4.52. The van der Waals surface area contributed by atoms with Gasteiger partial charge in [-0.2, -0.15) is 5.10 Å². The van der Waals surface area contributed by atoms with Crippen molar-refractivity contribution in [3.05, 3.63) is 22.9 Å². The van der Waals surface area contributed by atoms with Crippen molar-refractivity contribution in [3.63, 3.8) is 0 Å². The third-order valence-corrected chi connectivity index (χ3v) is 4.27. The van der Waals surface area contributed by atoms with Crippen LogP contribution in [0.25, 0.3) is 6.08 Å².